The monoisotopic (exact) mass is 487 g/mol. The molecule has 2 rings (SSSR count). The van der Waals surface area contributed by atoms with E-state index in [-0.39, 0.29) is 29.6 Å². The lowest BCUT2D eigenvalue weighted by Crippen LogP contribution is -2.38. The van der Waals surface area contributed by atoms with E-state index in [0.717, 1.165) is 56.4 Å². The molecule has 0 bridgehead atoms. The Hall–Kier alpha value is -1.28. The molecule has 1 heterocycles. The van der Waals surface area contributed by atoms with Crippen LogP contribution in [0, 0.1) is 0 Å². The predicted octanol–water partition coefficient (Wildman–Crippen LogP) is 4.27. The van der Waals surface area contributed by atoms with Crippen molar-refractivity contribution in [2.24, 2.45) is 4.99 Å². The van der Waals surface area contributed by atoms with Crippen molar-refractivity contribution in [3.63, 3.8) is 0 Å². The van der Waals surface area contributed by atoms with E-state index >= 15 is 0 Å². The van der Waals surface area contributed by atoms with Crippen molar-refractivity contribution in [1.82, 2.24) is 10.6 Å². The van der Waals surface area contributed by atoms with Gasteiger partial charge in [0.05, 0.1) is 19.8 Å². The van der Waals surface area contributed by atoms with E-state index in [2.05, 4.69) is 50.5 Å². The molecule has 0 radical (unpaired) electrons. The lowest BCUT2D eigenvalue weighted by atomic mass is 10.1. The van der Waals surface area contributed by atoms with Crippen LogP contribution in [-0.2, 0) is 11.3 Å². The van der Waals surface area contributed by atoms with E-state index in [1.807, 2.05) is 18.2 Å². The molecular weight excluding hydrogens is 453 g/mol. The van der Waals surface area contributed by atoms with Crippen molar-refractivity contribution >= 4 is 29.9 Å². The van der Waals surface area contributed by atoms with Crippen LogP contribution in [-0.4, -0.2) is 37.9 Å². The molecule has 5 nitrogen and oxygen atoms in total. The molecule has 1 aliphatic heterocycles. The molecule has 0 unspecified atom stereocenters. The highest BCUT2D eigenvalue weighted by Gasteiger charge is 2.14. The topological polar surface area (TPSA) is 54.9 Å². The van der Waals surface area contributed by atoms with Gasteiger partial charge in [0.15, 0.2) is 5.96 Å². The van der Waals surface area contributed by atoms with Gasteiger partial charge in [-0.15, -0.1) is 24.0 Å². The Morgan fingerprint density at radius 3 is 2.67 bits per heavy atom. The molecule has 0 aliphatic carbocycles. The van der Waals surface area contributed by atoms with Gasteiger partial charge in [-0.3, -0.25) is 0 Å². The van der Waals surface area contributed by atoms with Gasteiger partial charge in [-0.25, -0.2) is 4.99 Å². The second kappa shape index (κ2) is 12.2. The SMILES string of the molecule is CCNC(=NCc1ccccc1OC(C)(C)C)NCCC1=CCOCC1.I. The van der Waals surface area contributed by atoms with Gasteiger partial charge in [-0.05, 0) is 46.6 Å². The number of rotatable bonds is 7. The highest BCUT2D eigenvalue weighted by Crippen LogP contribution is 2.23. The highest BCUT2D eigenvalue weighted by atomic mass is 127. The van der Waals surface area contributed by atoms with Gasteiger partial charge in [0.25, 0.3) is 0 Å². The Kier molecular flexibility index (Phi) is 10.8. The Morgan fingerprint density at radius 2 is 2.00 bits per heavy atom. The summed E-state index contributed by atoms with van der Waals surface area (Å²) in [5.74, 6) is 1.73. The summed E-state index contributed by atoms with van der Waals surface area (Å²) < 4.78 is 11.4. The first-order valence-electron chi connectivity index (χ1n) is 9.52. The van der Waals surface area contributed by atoms with E-state index in [1.54, 1.807) is 0 Å². The van der Waals surface area contributed by atoms with E-state index in [1.165, 1.54) is 5.57 Å². The summed E-state index contributed by atoms with van der Waals surface area (Å²) in [7, 11) is 0. The maximum atomic E-state index is 6.06. The molecule has 0 saturated heterocycles. The lowest BCUT2D eigenvalue weighted by Gasteiger charge is -2.23. The summed E-state index contributed by atoms with van der Waals surface area (Å²) in [6.45, 7) is 12.1. The van der Waals surface area contributed by atoms with Gasteiger partial charge >= 0.3 is 0 Å². The average molecular weight is 487 g/mol. The van der Waals surface area contributed by atoms with Gasteiger partial charge in [0, 0.05) is 18.7 Å². The van der Waals surface area contributed by atoms with Gasteiger partial charge in [0.1, 0.15) is 11.4 Å². The first-order valence-corrected chi connectivity index (χ1v) is 9.52. The standard InChI is InChI=1S/C21H33N3O2.HI/c1-5-22-20(23-13-10-17-11-14-25-15-12-17)24-16-18-8-6-7-9-19(18)26-21(2,3)4;/h6-9,11H,5,10,12-16H2,1-4H3,(H2,22,23,24);1H. The van der Waals surface area contributed by atoms with Crippen LogP contribution in [0.25, 0.3) is 0 Å². The van der Waals surface area contributed by atoms with Crippen molar-refractivity contribution in [3.8, 4) is 5.75 Å². The van der Waals surface area contributed by atoms with Gasteiger partial charge < -0.3 is 20.1 Å². The fourth-order valence-corrected chi connectivity index (χ4v) is 2.70. The molecule has 1 aromatic rings. The third kappa shape index (κ3) is 9.46. The van der Waals surface area contributed by atoms with Crippen molar-refractivity contribution in [2.75, 3.05) is 26.3 Å². The summed E-state index contributed by atoms with van der Waals surface area (Å²) in [5, 5.41) is 6.73. The maximum Gasteiger partial charge on any atom is 0.191 e. The van der Waals surface area contributed by atoms with E-state index in [9.17, 15) is 0 Å². The van der Waals surface area contributed by atoms with Crippen LogP contribution in [0.15, 0.2) is 40.9 Å². The van der Waals surface area contributed by atoms with Crippen LogP contribution in [0.5, 0.6) is 5.75 Å². The number of nitrogens with zero attached hydrogens (tertiary/aromatic N) is 1. The Morgan fingerprint density at radius 1 is 1.22 bits per heavy atom. The summed E-state index contributed by atoms with van der Waals surface area (Å²) in [4.78, 5) is 4.73. The molecular formula is C21H34IN3O2. The minimum atomic E-state index is -0.222. The zero-order valence-electron chi connectivity index (χ0n) is 17.0. The fraction of sp³-hybridized carbons (Fsp3) is 0.571. The van der Waals surface area contributed by atoms with Crippen molar-refractivity contribution < 1.29 is 9.47 Å². The van der Waals surface area contributed by atoms with E-state index < -0.39 is 0 Å². The van der Waals surface area contributed by atoms with E-state index in [0.29, 0.717) is 6.54 Å². The highest BCUT2D eigenvalue weighted by molar-refractivity contribution is 14.0. The molecule has 27 heavy (non-hydrogen) atoms. The van der Waals surface area contributed by atoms with Crippen molar-refractivity contribution in [1.29, 1.82) is 0 Å². The molecule has 0 atom stereocenters. The Labute approximate surface area is 181 Å². The number of halogens is 1. The quantitative estimate of drug-likeness (QED) is 0.261. The summed E-state index contributed by atoms with van der Waals surface area (Å²) in [5.41, 5.74) is 2.33. The molecule has 0 saturated carbocycles. The van der Waals surface area contributed by atoms with Gasteiger partial charge in [-0.1, -0.05) is 29.8 Å². The predicted molar refractivity (Wildman–Crippen MR) is 123 cm³/mol. The smallest absolute Gasteiger partial charge is 0.191 e. The molecule has 0 fully saturated rings. The Balaban J connectivity index is 0.00000364. The summed E-state index contributed by atoms with van der Waals surface area (Å²) in [6, 6.07) is 8.10. The average Bonchev–Trinajstić information content (AvgIpc) is 2.60. The largest absolute Gasteiger partial charge is 0.488 e. The molecule has 6 heteroatoms. The molecule has 0 amide bonds. The number of para-hydroxylation sites is 1. The Bertz CT molecular complexity index is 624. The van der Waals surface area contributed by atoms with Crippen molar-refractivity contribution in [3.05, 3.63) is 41.5 Å². The third-order valence-corrected chi connectivity index (χ3v) is 3.94. The fourth-order valence-electron chi connectivity index (χ4n) is 2.70. The second-order valence-corrected chi connectivity index (χ2v) is 7.38. The number of benzene rings is 1. The summed E-state index contributed by atoms with van der Waals surface area (Å²) in [6.07, 6.45) is 4.25. The number of nitrogens with one attached hydrogen (secondary N) is 2. The van der Waals surface area contributed by atoms with Crippen LogP contribution in [0.1, 0.15) is 46.1 Å². The maximum absolute atomic E-state index is 6.06. The number of guanidine groups is 1. The minimum absolute atomic E-state index is 0. The third-order valence-electron chi connectivity index (χ3n) is 3.94. The van der Waals surface area contributed by atoms with Crippen LogP contribution in [0.2, 0.25) is 0 Å². The van der Waals surface area contributed by atoms with E-state index in [4.69, 9.17) is 14.5 Å². The number of hydrogen-bond donors (Lipinski definition) is 2. The van der Waals surface area contributed by atoms with Crippen molar-refractivity contribution in [2.45, 2.75) is 52.7 Å². The molecule has 0 spiro atoms. The number of ether oxygens (including phenoxy) is 2. The van der Waals surface area contributed by atoms with Gasteiger partial charge in [-0.2, -0.15) is 0 Å². The number of hydrogen-bond acceptors (Lipinski definition) is 3. The summed E-state index contributed by atoms with van der Waals surface area (Å²) >= 11 is 0. The molecule has 0 aromatic heterocycles. The zero-order valence-corrected chi connectivity index (χ0v) is 19.3. The second-order valence-electron chi connectivity index (χ2n) is 7.38. The van der Waals surface area contributed by atoms with Gasteiger partial charge in [0.2, 0.25) is 0 Å². The van der Waals surface area contributed by atoms with Crippen LogP contribution in [0.3, 0.4) is 0 Å². The lowest BCUT2D eigenvalue weighted by molar-refractivity contribution is 0.129. The van der Waals surface area contributed by atoms with Crippen LogP contribution >= 0.6 is 24.0 Å². The normalized spacial score (nSPS) is 14.8. The first-order chi connectivity index (χ1) is 12.5. The molecule has 1 aliphatic rings. The van der Waals surface area contributed by atoms with Crippen LogP contribution < -0.4 is 15.4 Å². The molecule has 2 N–H and O–H groups in total. The number of aliphatic imine (C=N–C) groups is 1. The zero-order chi connectivity index (χ0) is 18.8. The minimum Gasteiger partial charge on any atom is -0.488 e. The first kappa shape index (κ1) is 23.8. The molecule has 152 valence electrons. The van der Waals surface area contributed by atoms with Crippen LogP contribution in [0.4, 0.5) is 0 Å². The molecule has 1 aromatic carbocycles.